The number of carbonyl (C=O) groups is 1. The van der Waals surface area contributed by atoms with E-state index in [0.29, 0.717) is 5.65 Å². The molecule has 76 valence electrons. The molecule has 15 heavy (non-hydrogen) atoms. The lowest BCUT2D eigenvalue weighted by Crippen LogP contribution is -2.14. The summed E-state index contributed by atoms with van der Waals surface area (Å²) in [6.07, 6.45) is 5.39. The molecule has 0 bridgehead atoms. The van der Waals surface area contributed by atoms with Gasteiger partial charge in [-0.05, 0) is 19.1 Å². The molecular formula is C10H10N4O. The highest BCUT2D eigenvalue weighted by Crippen LogP contribution is 2.13. The number of aromatic amines is 1. The number of nitrogens with two attached hydrogens (primary N) is 1. The second-order valence-electron chi connectivity index (χ2n) is 3.09. The third-order valence-electron chi connectivity index (χ3n) is 1.96. The van der Waals surface area contributed by atoms with Crippen LogP contribution in [0.3, 0.4) is 0 Å². The van der Waals surface area contributed by atoms with Gasteiger partial charge in [0.15, 0.2) is 0 Å². The van der Waals surface area contributed by atoms with Crippen molar-refractivity contribution in [2.75, 3.05) is 0 Å². The fourth-order valence-corrected chi connectivity index (χ4v) is 1.33. The van der Waals surface area contributed by atoms with Crippen molar-refractivity contribution in [3.8, 4) is 0 Å². The van der Waals surface area contributed by atoms with Crippen molar-refractivity contribution >= 4 is 23.0 Å². The van der Waals surface area contributed by atoms with Crippen LogP contribution in [-0.4, -0.2) is 20.9 Å². The highest BCUT2D eigenvalue weighted by molar-refractivity contribution is 5.91. The van der Waals surface area contributed by atoms with Crippen LogP contribution in [-0.2, 0) is 0 Å². The van der Waals surface area contributed by atoms with Crippen LogP contribution in [0.4, 0.5) is 0 Å². The molecule has 2 heterocycles. The third-order valence-corrected chi connectivity index (χ3v) is 1.96. The topological polar surface area (TPSA) is 84.7 Å². The standard InChI is InChI=1S/C10H10N4O/c1-2-3-7-4-6-5-12-10(8(11)15)14-9(6)13-7/h2-5H,1H3,(H2,11,15)(H,12,13,14). The van der Waals surface area contributed by atoms with Crippen LogP contribution in [0, 0.1) is 0 Å². The van der Waals surface area contributed by atoms with Gasteiger partial charge in [0, 0.05) is 17.3 Å². The Bertz CT molecular complexity index is 541. The van der Waals surface area contributed by atoms with E-state index in [4.69, 9.17) is 5.73 Å². The molecule has 1 amide bonds. The summed E-state index contributed by atoms with van der Waals surface area (Å²) in [7, 11) is 0. The number of hydrogen-bond donors (Lipinski definition) is 2. The predicted molar refractivity (Wildman–Crippen MR) is 57.1 cm³/mol. The lowest BCUT2D eigenvalue weighted by atomic mass is 10.3. The molecule has 0 aliphatic carbocycles. The minimum absolute atomic E-state index is 0.0244. The van der Waals surface area contributed by atoms with E-state index < -0.39 is 5.91 Å². The number of nitrogens with zero attached hydrogens (tertiary/aromatic N) is 2. The predicted octanol–water partition coefficient (Wildman–Crippen LogP) is 1.09. The van der Waals surface area contributed by atoms with Crippen LogP contribution in [0.25, 0.3) is 17.1 Å². The Hall–Kier alpha value is -2.17. The number of fused-ring (bicyclic) bond motifs is 1. The fourth-order valence-electron chi connectivity index (χ4n) is 1.33. The minimum Gasteiger partial charge on any atom is -0.363 e. The third kappa shape index (κ3) is 1.71. The lowest BCUT2D eigenvalue weighted by Gasteiger charge is -1.92. The molecule has 0 saturated heterocycles. The van der Waals surface area contributed by atoms with Crippen molar-refractivity contribution < 1.29 is 4.79 Å². The highest BCUT2D eigenvalue weighted by Gasteiger charge is 2.06. The van der Waals surface area contributed by atoms with Gasteiger partial charge in [-0.25, -0.2) is 9.97 Å². The summed E-state index contributed by atoms with van der Waals surface area (Å²) >= 11 is 0. The molecular weight excluding hydrogens is 192 g/mol. The first-order valence-electron chi connectivity index (χ1n) is 4.49. The van der Waals surface area contributed by atoms with E-state index in [0.717, 1.165) is 11.1 Å². The smallest absolute Gasteiger partial charge is 0.286 e. The number of allylic oxidation sites excluding steroid dienone is 1. The first-order chi connectivity index (χ1) is 7.20. The second-order valence-corrected chi connectivity index (χ2v) is 3.09. The first-order valence-corrected chi connectivity index (χ1v) is 4.49. The number of amides is 1. The van der Waals surface area contributed by atoms with Gasteiger partial charge in [0.2, 0.25) is 5.82 Å². The van der Waals surface area contributed by atoms with Crippen LogP contribution in [0.2, 0.25) is 0 Å². The van der Waals surface area contributed by atoms with E-state index in [1.165, 1.54) is 0 Å². The van der Waals surface area contributed by atoms with Gasteiger partial charge in [-0.1, -0.05) is 6.08 Å². The lowest BCUT2D eigenvalue weighted by molar-refractivity contribution is 0.0991. The van der Waals surface area contributed by atoms with Crippen molar-refractivity contribution in [1.29, 1.82) is 0 Å². The monoisotopic (exact) mass is 202 g/mol. The van der Waals surface area contributed by atoms with Gasteiger partial charge < -0.3 is 10.7 Å². The van der Waals surface area contributed by atoms with Gasteiger partial charge in [-0.3, -0.25) is 4.79 Å². The Balaban J connectivity index is 2.56. The Morgan fingerprint density at radius 3 is 3.07 bits per heavy atom. The molecule has 0 atom stereocenters. The fraction of sp³-hybridized carbons (Fsp3) is 0.100. The average molecular weight is 202 g/mol. The average Bonchev–Trinajstić information content (AvgIpc) is 2.59. The van der Waals surface area contributed by atoms with Gasteiger partial charge in [0.25, 0.3) is 5.91 Å². The molecule has 0 aliphatic heterocycles. The summed E-state index contributed by atoms with van der Waals surface area (Å²) in [5, 5.41) is 0.855. The van der Waals surface area contributed by atoms with Gasteiger partial charge in [-0.15, -0.1) is 0 Å². The molecule has 0 spiro atoms. The van der Waals surface area contributed by atoms with Crippen LogP contribution in [0.1, 0.15) is 23.2 Å². The zero-order valence-corrected chi connectivity index (χ0v) is 8.19. The molecule has 0 radical (unpaired) electrons. The molecule has 2 aromatic rings. The van der Waals surface area contributed by atoms with Crippen molar-refractivity contribution in [2.24, 2.45) is 5.73 Å². The number of aromatic nitrogens is 3. The minimum atomic E-state index is -0.626. The Labute approximate surface area is 86.0 Å². The molecule has 0 aliphatic rings. The van der Waals surface area contributed by atoms with Gasteiger partial charge in [-0.2, -0.15) is 0 Å². The second kappa shape index (κ2) is 3.53. The van der Waals surface area contributed by atoms with Crippen molar-refractivity contribution in [3.05, 3.63) is 29.9 Å². The zero-order chi connectivity index (χ0) is 10.8. The highest BCUT2D eigenvalue weighted by atomic mass is 16.1. The summed E-state index contributed by atoms with van der Waals surface area (Å²) < 4.78 is 0. The molecule has 5 heteroatoms. The number of H-pyrrole nitrogens is 1. The zero-order valence-electron chi connectivity index (χ0n) is 8.19. The quantitative estimate of drug-likeness (QED) is 0.764. The SMILES string of the molecule is CC=Cc1cc2cnc(C(N)=O)nc2[nH]1. The molecule has 5 nitrogen and oxygen atoms in total. The summed E-state index contributed by atoms with van der Waals surface area (Å²) in [6, 6.07) is 1.90. The number of hydrogen-bond acceptors (Lipinski definition) is 3. The van der Waals surface area contributed by atoms with Gasteiger partial charge >= 0.3 is 0 Å². The van der Waals surface area contributed by atoms with E-state index in [1.54, 1.807) is 6.20 Å². The number of primary amides is 1. The maximum Gasteiger partial charge on any atom is 0.286 e. The van der Waals surface area contributed by atoms with Crippen LogP contribution in [0.5, 0.6) is 0 Å². The van der Waals surface area contributed by atoms with Gasteiger partial charge in [0.1, 0.15) is 5.65 Å². The van der Waals surface area contributed by atoms with E-state index in [1.807, 2.05) is 25.1 Å². The van der Waals surface area contributed by atoms with Crippen LogP contribution < -0.4 is 5.73 Å². The van der Waals surface area contributed by atoms with Crippen LogP contribution >= 0.6 is 0 Å². The van der Waals surface area contributed by atoms with Crippen LogP contribution in [0.15, 0.2) is 18.3 Å². The Morgan fingerprint density at radius 2 is 2.40 bits per heavy atom. The molecule has 0 unspecified atom stereocenters. The van der Waals surface area contributed by atoms with Gasteiger partial charge in [0.05, 0.1) is 0 Å². The number of nitrogens with one attached hydrogen (secondary N) is 1. The van der Waals surface area contributed by atoms with Crippen molar-refractivity contribution in [3.63, 3.8) is 0 Å². The molecule has 2 rings (SSSR count). The first kappa shape index (κ1) is 9.39. The van der Waals surface area contributed by atoms with E-state index in [9.17, 15) is 4.79 Å². The molecule has 3 N–H and O–H groups in total. The summed E-state index contributed by atoms with van der Waals surface area (Å²) in [5.41, 5.74) is 6.62. The normalized spacial score (nSPS) is 11.3. The van der Waals surface area contributed by atoms with E-state index >= 15 is 0 Å². The summed E-state index contributed by atoms with van der Waals surface area (Å²) in [6.45, 7) is 1.92. The maximum atomic E-state index is 10.8. The maximum absolute atomic E-state index is 10.8. The van der Waals surface area contributed by atoms with Crippen molar-refractivity contribution in [2.45, 2.75) is 6.92 Å². The number of carbonyl (C=O) groups excluding carboxylic acids is 1. The summed E-state index contributed by atoms with van der Waals surface area (Å²) in [4.78, 5) is 21.7. The molecule has 0 saturated carbocycles. The molecule has 0 aromatic carbocycles. The number of rotatable bonds is 2. The Morgan fingerprint density at radius 1 is 1.60 bits per heavy atom. The molecule has 2 aromatic heterocycles. The Kier molecular flexibility index (Phi) is 2.21. The summed E-state index contributed by atoms with van der Waals surface area (Å²) in [5.74, 6) is -0.601. The largest absolute Gasteiger partial charge is 0.363 e. The molecule has 0 fully saturated rings. The van der Waals surface area contributed by atoms with Crippen molar-refractivity contribution in [1.82, 2.24) is 15.0 Å². The van der Waals surface area contributed by atoms with E-state index in [-0.39, 0.29) is 5.82 Å². The van der Waals surface area contributed by atoms with E-state index in [2.05, 4.69) is 15.0 Å².